The molecule has 0 unspecified atom stereocenters. The molecule has 3 rings (SSSR count). The van der Waals surface area contributed by atoms with Gasteiger partial charge in [-0.2, -0.15) is 0 Å². The van der Waals surface area contributed by atoms with E-state index in [2.05, 4.69) is 0 Å². The number of hydrogen-bond acceptors (Lipinski definition) is 2. The summed E-state index contributed by atoms with van der Waals surface area (Å²) in [6, 6.07) is 15.3. The van der Waals surface area contributed by atoms with Gasteiger partial charge in [-0.05, 0) is 36.6 Å². The van der Waals surface area contributed by atoms with Crippen LogP contribution in [0.5, 0.6) is 0 Å². The van der Waals surface area contributed by atoms with Crippen molar-refractivity contribution < 1.29 is 14.0 Å². The van der Waals surface area contributed by atoms with Crippen LogP contribution in [-0.2, 0) is 4.79 Å². The molecule has 1 aliphatic rings. The number of carbonyl (C=O) groups excluding carboxylic acids is 2. The van der Waals surface area contributed by atoms with E-state index in [1.807, 2.05) is 30.3 Å². The van der Waals surface area contributed by atoms with E-state index in [9.17, 15) is 14.0 Å². The van der Waals surface area contributed by atoms with Gasteiger partial charge in [0, 0.05) is 30.6 Å². The molecule has 4 heteroatoms. The molecule has 1 heterocycles. The van der Waals surface area contributed by atoms with E-state index in [0.29, 0.717) is 25.9 Å². The maximum absolute atomic E-state index is 12.9. The minimum absolute atomic E-state index is 0.0208. The quantitative estimate of drug-likeness (QED) is 0.625. The Morgan fingerprint density at radius 2 is 1.60 bits per heavy atom. The molecule has 1 aliphatic heterocycles. The fourth-order valence-corrected chi connectivity index (χ4v) is 3.05. The van der Waals surface area contributed by atoms with Crippen molar-refractivity contribution in [1.29, 1.82) is 0 Å². The monoisotopic (exact) mass is 337 g/mol. The average molecular weight is 337 g/mol. The normalized spacial score (nSPS) is 15.5. The van der Waals surface area contributed by atoms with E-state index in [4.69, 9.17) is 0 Å². The van der Waals surface area contributed by atoms with Crippen LogP contribution in [0.4, 0.5) is 4.39 Å². The molecule has 0 radical (unpaired) electrons. The summed E-state index contributed by atoms with van der Waals surface area (Å²) < 4.78 is 12.9. The summed E-state index contributed by atoms with van der Waals surface area (Å²) in [6.45, 7) is 1.16. The molecule has 0 bridgehead atoms. The first-order chi connectivity index (χ1) is 12.1. The molecular weight excluding hydrogens is 317 g/mol. The molecule has 0 atom stereocenters. The topological polar surface area (TPSA) is 37.4 Å². The van der Waals surface area contributed by atoms with Gasteiger partial charge in [-0.3, -0.25) is 9.59 Å². The van der Waals surface area contributed by atoms with E-state index in [0.717, 1.165) is 11.1 Å². The third kappa shape index (κ3) is 4.41. The van der Waals surface area contributed by atoms with Crippen molar-refractivity contribution in [1.82, 2.24) is 4.90 Å². The zero-order valence-electron chi connectivity index (χ0n) is 13.9. The summed E-state index contributed by atoms with van der Waals surface area (Å²) in [6.07, 6.45) is 4.56. The maximum Gasteiger partial charge on any atom is 0.246 e. The van der Waals surface area contributed by atoms with Gasteiger partial charge in [0.05, 0.1) is 0 Å². The molecule has 1 saturated heterocycles. The van der Waals surface area contributed by atoms with E-state index in [-0.39, 0.29) is 23.4 Å². The Morgan fingerprint density at radius 1 is 0.960 bits per heavy atom. The Kier molecular flexibility index (Phi) is 5.39. The molecule has 0 saturated carbocycles. The van der Waals surface area contributed by atoms with Gasteiger partial charge in [-0.25, -0.2) is 4.39 Å². The number of piperidine rings is 1. The van der Waals surface area contributed by atoms with Gasteiger partial charge in [-0.15, -0.1) is 0 Å². The second-order valence-corrected chi connectivity index (χ2v) is 6.21. The summed E-state index contributed by atoms with van der Waals surface area (Å²) >= 11 is 0. The number of likely N-dealkylation sites (tertiary alicyclic amines) is 1. The molecule has 1 fully saturated rings. The molecule has 1 amide bonds. The van der Waals surface area contributed by atoms with Gasteiger partial charge in [0.2, 0.25) is 5.91 Å². The van der Waals surface area contributed by atoms with Crippen molar-refractivity contribution in [3.05, 3.63) is 77.6 Å². The van der Waals surface area contributed by atoms with Gasteiger partial charge in [0.25, 0.3) is 0 Å². The highest BCUT2D eigenvalue weighted by molar-refractivity contribution is 5.98. The first-order valence-corrected chi connectivity index (χ1v) is 8.45. The van der Waals surface area contributed by atoms with Crippen molar-refractivity contribution >= 4 is 17.8 Å². The molecule has 3 nitrogen and oxygen atoms in total. The first-order valence-electron chi connectivity index (χ1n) is 8.45. The third-order valence-electron chi connectivity index (χ3n) is 4.52. The van der Waals surface area contributed by atoms with Crippen molar-refractivity contribution in [2.75, 3.05) is 13.1 Å². The highest BCUT2D eigenvalue weighted by atomic mass is 19.1. The lowest BCUT2D eigenvalue weighted by molar-refractivity contribution is -0.127. The van der Waals surface area contributed by atoms with Crippen LogP contribution in [0.2, 0.25) is 0 Å². The van der Waals surface area contributed by atoms with Crippen LogP contribution >= 0.6 is 0 Å². The Hall–Kier alpha value is -2.75. The number of benzene rings is 2. The lowest BCUT2D eigenvalue weighted by Crippen LogP contribution is -2.39. The Labute approximate surface area is 146 Å². The van der Waals surface area contributed by atoms with Crippen LogP contribution in [0.1, 0.15) is 28.8 Å². The number of Topliss-reactive ketones (excluding diaryl/α,β-unsaturated/α-hetero) is 1. The van der Waals surface area contributed by atoms with Crippen molar-refractivity contribution in [2.24, 2.45) is 5.92 Å². The van der Waals surface area contributed by atoms with Crippen molar-refractivity contribution in [3.63, 3.8) is 0 Å². The van der Waals surface area contributed by atoms with Gasteiger partial charge in [0.1, 0.15) is 5.82 Å². The van der Waals surface area contributed by atoms with Crippen LogP contribution < -0.4 is 0 Å². The SMILES string of the molecule is O=C(c1ccccc1)C1CCN(C(=O)/C=C/c2ccc(F)cc2)CC1. The van der Waals surface area contributed by atoms with Crippen LogP contribution in [-0.4, -0.2) is 29.7 Å². The minimum Gasteiger partial charge on any atom is -0.339 e. The van der Waals surface area contributed by atoms with Crippen LogP contribution in [0, 0.1) is 11.7 Å². The summed E-state index contributed by atoms with van der Waals surface area (Å²) in [7, 11) is 0. The van der Waals surface area contributed by atoms with Crippen molar-refractivity contribution in [3.8, 4) is 0 Å². The van der Waals surface area contributed by atoms with Gasteiger partial charge < -0.3 is 4.90 Å². The number of nitrogens with zero attached hydrogens (tertiary/aromatic N) is 1. The van der Waals surface area contributed by atoms with Crippen molar-refractivity contribution in [2.45, 2.75) is 12.8 Å². The Bertz CT molecular complexity index is 760. The smallest absolute Gasteiger partial charge is 0.246 e. The maximum atomic E-state index is 12.9. The number of rotatable bonds is 4. The van der Waals surface area contributed by atoms with E-state index >= 15 is 0 Å². The molecule has 0 aromatic heterocycles. The zero-order valence-corrected chi connectivity index (χ0v) is 13.9. The minimum atomic E-state index is -0.298. The third-order valence-corrected chi connectivity index (χ3v) is 4.52. The summed E-state index contributed by atoms with van der Waals surface area (Å²) in [5, 5.41) is 0. The molecule has 25 heavy (non-hydrogen) atoms. The van der Waals surface area contributed by atoms with Crippen LogP contribution in [0.25, 0.3) is 6.08 Å². The second-order valence-electron chi connectivity index (χ2n) is 6.21. The van der Waals surface area contributed by atoms with Gasteiger partial charge in [-0.1, -0.05) is 42.5 Å². The molecule has 0 N–H and O–H groups in total. The highest BCUT2D eigenvalue weighted by Gasteiger charge is 2.27. The van der Waals surface area contributed by atoms with Gasteiger partial charge >= 0.3 is 0 Å². The van der Waals surface area contributed by atoms with Crippen LogP contribution in [0.3, 0.4) is 0 Å². The fraction of sp³-hybridized carbons (Fsp3) is 0.238. The molecule has 0 spiro atoms. The number of carbonyl (C=O) groups is 2. The molecule has 2 aromatic rings. The Morgan fingerprint density at radius 3 is 2.24 bits per heavy atom. The van der Waals surface area contributed by atoms with Crippen LogP contribution in [0.15, 0.2) is 60.7 Å². The highest BCUT2D eigenvalue weighted by Crippen LogP contribution is 2.22. The van der Waals surface area contributed by atoms with E-state index < -0.39 is 0 Å². The zero-order chi connectivity index (χ0) is 17.6. The summed E-state index contributed by atoms with van der Waals surface area (Å²) in [5.74, 6) is -0.231. The van der Waals surface area contributed by atoms with E-state index in [1.54, 1.807) is 23.1 Å². The molecule has 128 valence electrons. The number of amides is 1. The predicted molar refractivity (Wildman–Crippen MR) is 95.5 cm³/mol. The van der Waals surface area contributed by atoms with E-state index in [1.165, 1.54) is 18.2 Å². The Balaban J connectivity index is 1.54. The number of ketones is 1. The lowest BCUT2D eigenvalue weighted by atomic mass is 9.89. The molecular formula is C21H20FNO2. The van der Waals surface area contributed by atoms with Gasteiger partial charge in [0.15, 0.2) is 5.78 Å². The standard InChI is InChI=1S/C21H20FNO2/c22-19-9-6-16(7-10-19)8-11-20(24)23-14-12-18(13-15-23)21(25)17-4-2-1-3-5-17/h1-11,18H,12-15H2/b11-8+. The summed E-state index contributed by atoms with van der Waals surface area (Å²) in [4.78, 5) is 26.5. The number of hydrogen-bond donors (Lipinski definition) is 0. The first kappa shape index (κ1) is 17.1. The predicted octanol–water partition coefficient (Wildman–Crippen LogP) is 3.96. The molecule has 2 aromatic carbocycles. The second kappa shape index (κ2) is 7.88. The largest absolute Gasteiger partial charge is 0.339 e. The molecule has 0 aliphatic carbocycles. The average Bonchev–Trinajstić information content (AvgIpc) is 2.67. The number of halogens is 1. The summed E-state index contributed by atoms with van der Waals surface area (Å²) in [5.41, 5.74) is 1.52. The fourth-order valence-electron chi connectivity index (χ4n) is 3.05. The lowest BCUT2D eigenvalue weighted by Gasteiger charge is -2.30.